The van der Waals surface area contributed by atoms with Gasteiger partial charge in [-0.3, -0.25) is 9.59 Å². The first-order valence-electron chi connectivity index (χ1n) is 6.47. The molecule has 0 aliphatic heterocycles. The van der Waals surface area contributed by atoms with Crippen LogP contribution in [0, 0.1) is 0 Å². The molecular formula is C15H19ClO3. The lowest BCUT2D eigenvalue weighted by Crippen LogP contribution is -2.03. The molecule has 0 saturated heterocycles. The van der Waals surface area contributed by atoms with E-state index >= 15 is 0 Å². The van der Waals surface area contributed by atoms with Gasteiger partial charge < -0.3 is 4.74 Å². The highest BCUT2D eigenvalue weighted by Gasteiger charge is 2.09. The van der Waals surface area contributed by atoms with Crippen molar-refractivity contribution in [1.82, 2.24) is 0 Å². The largest absolute Gasteiger partial charge is 0.469 e. The molecular weight excluding hydrogens is 264 g/mol. The predicted octanol–water partition coefficient (Wildman–Crippen LogP) is 3.82. The van der Waals surface area contributed by atoms with Crippen molar-refractivity contribution in [3.8, 4) is 0 Å². The summed E-state index contributed by atoms with van der Waals surface area (Å²) in [6.45, 7) is 2.01. The van der Waals surface area contributed by atoms with Crippen LogP contribution in [0.5, 0.6) is 0 Å². The van der Waals surface area contributed by atoms with E-state index in [4.69, 9.17) is 11.6 Å². The van der Waals surface area contributed by atoms with E-state index in [1.54, 1.807) is 12.1 Å². The first kappa shape index (κ1) is 15.7. The number of esters is 1. The van der Waals surface area contributed by atoms with E-state index in [-0.39, 0.29) is 11.8 Å². The van der Waals surface area contributed by atoms with Gasteiger partial charge in [-0.15, -0.1) is 0 Å². The average molecular weight is 283 g/mol. The number of carbonyl (C=O) groups excluding carboxylic acids is 2. The minimum absolute atomic E-state index is 0.0937. The van der Waals surface area contributed by atoms with Crippen molar-refractivity contribution in [3.05, 3.63) is 34.3 Å². The highest BCUT2D eigenvalue weighted by Crippen LogP contribution is 2.19. The molecule has 0 heterocycles. The molecule has 0 atom stereocenters. The van der Waals surface area contributed by atoms with Gasteiger partial charge >= 0.3 is 5.97 Å². The molecule has 0 aromatic heterocycles. The molecule has 0 bridgehead atoms. The number of aryl methyl sites for hydroxylation is 1. The van der Waals surface area contributed by atoms with Crippen LogP contribution >= 0.6 is 11.6 Å². The van der Waals surface area contributed by atoms with Gasteiger partial charge in [0.15, 0.2) is 5.78 Å². The Morgan fingerprint density at radius 2 is 1.89 bits per heavy atom. The average Bonchev–Trinajstić information content (AvgIpc) is 2.43. The Hall–Kier alpha value is -1.35. The molecule has 1 aromatic carbocycles. The summed E-state index contributed by atoms with van der Waals surface area (Å²) in [5.41, 5.74) is 1.68. The van der Waals surface area contributed by atoms with E-state index < -0.39 is 0 Å². The third-order valence-electron chi connectivity index (χ3n) is 3.01. The Balaban J connectivity index is 2.47. The summed E-state index contributed by atoms with van der Waals surface area (Å²) in [5, 5.41) is 0.699. The minimum atomic E-state index is -0.229. The van der Waals surface area contributed by atoms with E-state index in [2.05, 4.69) is 4.74 Å². The first-order chi connectivity index (χ1) is 9.08. The number of ether oxygens (including phenoxy) is 1. The summed E-state index contributed by atoms with van der Waals surface area (Å²) in [4.78, 5) is 22.9. The lowest BCUT2D eigenvalue weighted by atomic mass is 10.0. The number of methoxy groups -OCH3 is 1. The second-order valence-corrected chi connectivity index (χ2v) is 4.77. The quantitative estimate of drug-likeness (QED) is 0.434. The molecule has 1 rings (SSSR count). The zero-order valence-corrected chi connectivity index (χ0v) is 12.1. The van der Waals surface area contributed by atoms with Crippen LogP contribution < -0.4 is 0 Å². The van der Waals surface area contributed by atoms with Crippen LogP contribution in [-0.2, 0) is 16.0 Å². The number of benzene rings is 1. The highest BCUT2D eigenvalue weighted by atomic mass is 35.5. The van der Waals surface area contributed by atoms with Gasteiger partial charge in [-0.2, -0.15) is 0 Å². The first-order valence-corrected chi connectivity index (χ1v) is 6.84. The normalized spacial score (nSPS) is 10.3. The van der Waals surface area contributed by atoms with Crippen LogP contribution in [0.4, 0.5) is 0 Å². The molecule has 0 N–H and O–H groups in total. The van der Waals surface area contributed by atoms with Crippen LogP contribution in [0.15, 0.2) is 18.2 Å². The number of halogens is 1. The summed E-state index contributed by atoms with van der Waals surface area (Å²) in [6, 6.07) is 5.37. The maximum Gasteiger partial charge on any atom is 0.305 e. The van der Waals surface area contributed by atoms with Gasteiger partial charge in [0, 0.05) is 23.4 Å². The van der Waals surface area contributed by atoms with Crippen LogP contribution in [0.2, 0.25) is 5.02 Å². The fourth-order valence-corrected chi connectivity index (χ4v) is 2.07. The highest BCUT2D eigenvalue weighted by molar-refractivity contribution is 6.31. The third-order valence-corrected chi connectivity index (χ3v) is 3.38. The third kappa shape index (κ3) is 5.03. The summed E-state index contributed by atoms with van der Waals surface area (Å²) in [5.74, 6) is -0.136. The van der Waals surface area contributed by atoms with E-state index in [0.29, 0.717) is 36.3 Å². The van der Waals surface area contributed by atoms with Crippen molar-refractivity contribution in [2.24, 2.45) is 0 Å². The van der Waals surface area contributed by atoms with Gasteiger partial charge in [-0.05, 0) is 43.0 Å². The summed E-state index contributed by atoms with van der Waals surface area (Å²) in [6.07, 6.45) is 2.99. The molecule has 0 spiro atoms. The van der Waals surface area contributed by atoms with Crippen molar-refractivity contribution in [2.75, 3.05) is 7.11 Å². The molecule has 1 aromatic rings. The maximum atomic E-state index is 12.0. The zero-order chi connectivity index (χ0) is 14.3. The van der Waals surface area contributed by atoms with Crippen LogP contribution in [0.1, 0.15) is 48.5 Å². The van der Waals surface area contributed by atoms with E-state index in [1.807, 2.05) is 13.0 Å². The molecule has 0 saturated carbocycles. The number of rotatable bonds is 7. The Bertz CT molecular complexity index is 455. The van der Waals surface area contributed by atoms with Crippen LogP contribution in [0.25, 0.3) is 0 Å². The van der Waals surface area contributed by atoms with E-state index in [0.717, 1.165) is 12.0 Å². The molecule has 0 fully saturated rings. The number of hydrogen-bond acceptors (Lipinski definition) is 3. The topological polar surface area (TPSA) is 43.4 Å². The fraction of sp³-hybridized carbons (Fsp3) is 0.467. The van der Waals surface area contributed by atoms with Crippen molar-refractivity contribution in [3.63, 3.8) is 0 Å². The molecule has 4 heteroatoms. The smallest absolute Gasteiger partial charge is 0.305 e. The Labute approximate surface area is 118 Å². The fourth-order valence-electron chi connectivity index (χ4n) is 1.82. The lowest BCUT2D eigenvalue weighted by molar-refractivity contribution is -0.140. The lowest BCUT2D eigenvalue weighted by Gasteiger charge is -2.05. The van der Waals surface area contributed by atoms with E-state index in [9.17, 15) is 9.59 Å². The second-order valence-electron chi connectivity index (χ2n) is 4.37. The monoisotopic (exact) mass is 282 g/mol. The predicted molar refractivity (Wildman–Crippen MR) is 75.6 cm³/mol. The Morgan fingerprint density at radius 3 is 2.53 bits per heavy atom. The molecule has 0 unspecified atom stereocenters. The van der Waals surface area contributed by atoms with Gasteiger partial charge in [0.05, 0.1) is 7.11 Å². The number of carbonyl (C=O) groups is 2. The Morgan fingerprint density at radius 1 is 1.21 bits per heavy atom. The molecule has 0 aliphatic rings. The van der Waals surface area contributed by atoms with Gasteiger partial charge in [0.25, 0.3) is 0 Å². The molecule has 19 heavy (non-hydrogen) atoms. The number of Topliss-reactive ketones (excluding diaryl/α,β-unsaturated/α-hetero) is 1. The van der Waals surface area contributed by atoms with Crippen LogP contribution in [0.3, 0.4) is 0 Å². The van der Waals surface area contributed by atoms with Crippen molar-refractivity contribution < 1.29 is 14.3 Å². The minimum Gasteiger partial charge on any atom is -0.469 e. The number of ketones is 1. The van der Waals surface area contributed by atoms with E-state index in [1.165, 1.54) is 7.11 Å². The van der Waals surface area contributed by atoms with Crippen molar-refractivity contribution in [2.45, 2.75) is 39.0 Å². The molecule has 0 aliphatic carbocycles. The SMILES string of the molecule is CCc1cc(C(=O)CCCCC(=O)OC)ccc1Cl. The molecule has 0 radical (unpaired) electrons. The molecule has 0 amide bonds. The van der Waals surface area contributed by atoms with Gasteiger partial charge in [0.1, 0.15) is 0 Å². The summed E-state index contributed by atoms with van der Waals surface area (Å²) < 4.78 is 4.55. The van der Waals surface area contributed by atoms with Gasteiger partial charge in [0.2, 0.25) is 0 Å². The Kier molecular flexibility index (Phi) is 6.57. The summed E-state index contributed by atoms with van der Waals surface area (Å²) in [7, 11) is 1.37. The molecule has 3 nitrogen and oxygen atoms in total. The number of unbranched alkanes of at least 4 members (excludes halogenated alkanes) is 1. The van der Waals surface area contributed by atoms with Crippen molar-refractivity contribution in [1.29, 1.82) is 0 Å². The molecule has 104 valence electrons. The zero-order valence-electron chi connectivity index (χ0n) is 11.4. The van der Waals surface area contributed by atoms with Crippen LogP contribution in [-0.4, -0.2) is 18.9 Å². The van der Waals surface area contributed by atoms with Crippen molar-refractivity contribution >= 4 is 23.4 Å². The summed E-state index contributed by atoms with van der Waals surface area (Å²) >= 11 is 6.02. The maximum absolute atomic E-state index is 12.0. The second kappa shape index (κ2) is 7.95. The van der Waals surface area contributed by atoms with Gasteiger partial charge in [-0.1, -0.05) is 18.5 Å². The number of hydrogen-bond donors (Lipinski definition) is 0. The van der Waals surface area contributed by atoms with Gasteiger partial charge in [-0.25, -0.2) is 0 Å². The standard InChI is InChI=1S/C15H19ClO3/c1-3-11-10-12(8-9-13(11)16)14(17)6-4-5-7-15(18)19-2/h8-10H,3-7H2,1-2H3.